The van der Waals surface area contributed by atoms with Gasteiger partial charge in [0.05, 0.1) is 32.2 Å². The fraction of sp³-hybridized carbons (Fsp3) is 0.267. The zero-order valence-corrected chi connectivity index (χ0v) is 23.3. The summed E-state index contributed by atoms with van der Waals surface area (Å²) in [5.41, 5.74) is 3.34. The number of ether oxygens (including phenoxy) is 3. The number of hydrogen-bond donors (Lipinski definition) is 4. The number of nitrogens with zero attached hydrogens (tertiary/aromatic N) is 1. The van der Waals surface area contributed by atoms with E-state index in [1.807, 2.05) is 25.1 Å². The Balaban J connectivity index is 1.32. The molecule has 42 heavy (non-hydrogen) atoms. The topological polar surface area (TPSA) is 156 Å². The van der Waals surface area contributed by atoms with E-state index in [0.717, 1.165) is 11.1 Å². The summed E-state index contributed by atoms with van der Waals surface area (Å²) < 4.78 is 16.1. The number of anilines is 2. The summed E-state index contributed by atoms with van der Waals surface area (Å²) in [6.07, 6.45) is -0.288. The molecule has 4 rings (SSSR count). The first-order valence-electron chi connectivity index (χ1n) is 13.2. The standard InChI is InChI=1S/C30H32N4O8/c1-19-5-3-4-6-22(19)32-30(39)33-23-9-7-20(13-25(23)40-2)15-27(35)31-16-28(36)34(12-11-29(37)38)17-21-8-10-24-26(14-21)42-18-41-24/h3-10,13-14H,11-12,15-18H2,1-2H3,(H,31,35)(H,37,38)(H2,32,33,39). The van der Waals surface area contributed by atoms with E-state index in [4.69, 9.17) is 19.3 Å². The molecule has 3 aromatic rings. The van der Waals surface area contributed by atoms with Gasteiger partial charge in [0.1, 0.15) is 5.75 Å². The van der Waals surface area contributed by atoms with Crippen LogP contribution in [0, 0.1) is 6.92 Å². The number of fused-ring (bicyclic) bond motifs is 1. The number of hydrogen-bond acceptors (Lipinski definition) is 7. The van der Waals surface area contributed by atoms with Crippen LogP contribution in [0.3, 0.4) is 0 Å². The normalized spacial score (nSPS) is 11.4. The summed E-state index contributed by atoms with van der Waals surface area (Å²) in [6, 6.07) is 17.1. The SMILES string of the molecule is COc1cc(CC(=O)NCC(=O)N(CCC(=O)O)Cc2ccc3c(c2)OCO3)ccc1NC(=O)Nc1ccccc1C. The second-order valence-electron chi connectivity index (χ2n) is 9.53. The van der Waals surface area contributed by atoms with Crippen LogP contribution in [0.15, 0.2) is 60.7 Å². The fourth-order valence-corrected chi connectivity index (χ4v) is 4.25. The van der Waals surface area contributed by atoms with Crippen LogP contribution in [0.2, 0.25) is 0 Å². The van der Waals surface area contributed by atoms with E-state index in [9.17, 15) is 19.2 Å². The van der Waals surface area contributed by atoms with Gasteiger partial charge in [-0.15, -0.1) is 0 Å². The molecule has 0 saturated carbocycles. The molecule has 0 atom stereocenters. The van der Waals surface area contributed by atoms with Gasteiger partial charge in [-0.2, -0.15) is 0 Å². The first kappa shape index (κ1) is 29.7. The summed E-state index contributed by atoms with van der Waals surface area (Å²) >= 11 is 0. The van der Waals surface area contributed by atoms with Crippen LogP contribution in [0.5, 0.6) is 17.2 Å². The molecular formula is C30H32N4O8. The number of carbonyl (C=O) groups is 4. The number of carboxylic acids is 1. The second-order valence-corrected chi connectivity index (χ2v) is 9.53. The van der Waals surface area contributed by atoms with Gasteiger partial charge in [0.25, 0.3) is 0 Å². The molecule has 0 radical (unpaired) electrons. The lowest BCUT2D eigenvalue weighted by molar-refractivity contribution is -0.139. The van der Waals surface area contributed by atoms with Crippen molar-refractivity contribution in [3.8, 4) is 17.2 Å². The fourth-order valence-electron chi connectivity index (χ4n) is 4.25. The van der Waals surface area contributed by atoms with Gasteiger partial charge >= 0.3 is 12.0 Å². The van der Waals surface area contributed by atoms with Gasteiger partial charge in [0, 0.05) is 18.8 Å². The number of carboxylic acid groups (broad SMARTS) is 1. The molecule has 0 saturated heterocycles. The lowest BCUT2D eigenvalue weighted by atomic mass is 10.1. The number of methoxy groups -OCH3 is 1. The van der Waals surface area contributed by atoms with Crippen LogP contribution in [0.4, 0.5) is 16.2 Å². The molecule has 4 amide bonds. The van der Waals surface area contributed by atoms with Gasteiger partial charge in [-0.25, -0.2) is 4.79 Å². The Kier molecular flexibility index (Phi) is 9.82. The highest BCUT2D eigenvalue weighted by molar-refractivity contribution is 6.01. The van der Waals surface area contributed by atoms with E-state index in [-0.39, 0.29) is 39.3 Å². The third-order valence-corrected chi connectivity index (χ3v) is 6.47. The van der Waals surface area contributed by atoms with Crippen LogP contribution in [-0.4, -0.2) is 60.8 Å². The predicted molar refractivity (Wildman–Crippen MR) is 154 cm³/mol. The van der Waals surface area contributed by atoms with Gasteiger partial charge in [-0.05, 0) is 53.9 Å². The van der Waals surface area contributed by atoms with Crippen LogP contribution in [-0.2, 0) is 27.3 Å². The lowest BCUT2D eigenvalue weighted by Gasteiger charge is -2.22. The molecule has 1 heterocycles. The molecule has 12 nitrogen and oxygen atoms in total. The first-order chi connectivity index (χ1) is 20.2. The third-order valence-electron chi connectivity index (χ3n) is 6.47. The molecule has 4 N–H and O–H groups in total. The van der Waals surface area contributed by atoms with E-state index >= 15 is 0 Å². The van der Waals surface area contributed by atoms with Crippen molar-refractivity contribution in [2.45, 2.75) is 26.3 Å². The average molecular weight is 577 g/mol. The summed E-state index contributed by atoms with van der Waals surface area (Å²) in [5.74, 6) is -0.374. The number of nitrogens with one attached hydrogen (secondary N) is 3. The molecule has 0 fully saturated rings. The van der Waals surface area contributed by atoms with Crippen molar-refractivity contribution in [3.63, 3.8) is 0 Å². The lowest BCUT2D eigenvalue weighted by Crippen LogP contribution is -2.41. The molecule has 0 unspecified atom stereocenters. The summed E-state index contributed by atoms with van der Waals surface area (Å²) in [7, 11) is 1.45. The number of amides is 4. The minimum absolute atomic E-state index is 0.0262. The van der Waals surface area contributed by atoms with Gasteiger partial charge in [0.2, 0.25) is 18.6 Å². The van der Waals surface area contributed by atoms with Crippen LogP contribution in [0.25, 0.3) is 0 Å². The van der Waals surface area contributed by atoms with Crippen molar-refractivity contribution in [2.75, 3.05) is 37.6 Å². The van der Waals surface area contributed by atoms with Crippen LogP contribution >= 0.6 is 0 Å². The van der Waals surface area contributed by atoms with Gasteiger partial charge in [-0.1, -0.05) is 30.3 Å². The van der Waals surface area contributed by atoms with Crippen molar-refractivity contribution >= 4 is 35.2 Å². The van der Waals surface area contributed by atoms with E-state index < -0.39 is 23.8 Å². The number of para-hydroxylation sites is 1. The van der Waals surface area contributed by atoms with E-state index in [1.54, 1.807) is 42.5 Å². The summed E-state index contributed by atoms with van der Waals surface area (Å²) in [6.45, 7) is 1.81. The van der Waals surface area contributed by atoms with Gasteiger partial charge in [0.15, 0.2) is 11.5 Å². The quantitative estimate of drug-likeness (QED) is 0.255. The Morgan fingerprint density at radius 3 is 2.43 bits per heavy atom. The largest absolute Gasteiger partial charge is 0.495 e. The third kappa shape index (κ3) is 8.13. The molecule has 0 spiro atoms. The van der Waals surface area contributed by atoms with Gasteiger partial charge < -0.3 is 40.2 Å². The zero-order chi connectivity index (χ0) is 30.1. The van der Waals surface area contributed by atoms with E-state index in [0.29, 0.717) is 34.2 Å². The molecule has 1 aliphatic rings. The molecular weight excluding hydrogens is 544 g/mol. The minimum Gasteiger partial charge on any atom is -0.495 e. The molecule has 12 heteroatoms. The monoisotopic (exact) mass is 576 g/mol. The van der Waals surface area contributed by atoms with Crippen molar-refractivity contribution in [3.05, 3.63) is 77.4 Å². The van der Waals surface area contributed by atoms with E-state index in [2.05, 4.69) is 16.0 Å². The second kappa shape index (κ2) is 13.9. The van der Waals surface area contributed by atoms with Crippen LogP contribution < -0.4 is 30.2 Å². The van der Waals surface area contributed by atoms with E-state index in [1.165, 1.54) is 12.0 Å². The molecule has 0 bridgehead atoms. The minimum atomic E-state index is -1.04. The number of carbonyl (C=O) groups excluding carboxylic acids is 3. The smallest absolute Gasteiger partial charge is 0.323 e. The Morgan fingerprint density at radius 2 is 1.67 bits per heavy atom. The molecule has 3 aromatic carbocycles. The van der Waals surface area contributed by atoms with Crippen molar-refractivity contribution in [2.24, 2.45) is 0 Å². The van der Waals surface area contributed by atoms with Crippen molar-refractivity contribution in [1.29, 1.82) is 0 Å². The Hall–Kier alpha value is -5.26. The van der Waals surface area contributed by atoms with Gasteiger partial charge in [-0.3, -0.25) is 14.4 Å². The molecule has 1 aliphatic heterocycles. The number of aryl methyl sites for hydroxylation is 1. The Labute approximate surface area is 242 Å². The number of aliphatic carboxylic acids is 1. The van der Waals surface area contributed by atoms with Crippen molar-refractivity contribution in [1.82, 2.24) is 10.2 Å². The maximum Gasteiger partial charge on any atom is 0.323 e. The molecule has 220 valence electrons. The van der Waals surface area contributed by atoms with Crippen LogP contribution in [0.1, 0.15) is 23.1 Å². The zero-order valence-electron chi connectivity index (χ0n) is 23.3. The number of benzene rings is 3. The maximum atomic E-state index is 12.9. The highest BCUT2D eigenvalue weighted by Gasteiger charge is 2.19. The summed E-state index contributed by atoms with van der Waals surface area (Å²) in [4.78, 5) is 50.6. The number of rotatable bonds is 12. The highest BCUT2D eigenvalue weighted by atomic mass is 16.7. The Bertz CT molecular complexity index is 1480. The average Bonchev–Trinajstić information content (AvgIpc) is 3.44. The molecule has 0 aliphatic carbocycles. The highest BCUT2D eigenvalue weighted by Crippen LogP contribution is 2.33. The Morgan fingerprint density at radius 1 is 0.929 bits per heavy atom. The first-order valence-corrected chi connectivity index (χ1v) is 13.2. The molecule has 0 aromatic heterocycles. The summed E-state index contributed by atoms with van der Waals surface area (Å²) in [5, 5.41) is 17.3. The number of urea groups is 1. The van der Waals surface area contributed by atoms with Crippen molar-refractivity contribution < 1.29 is 38.5 Å². The predicted octanol–water partition coefficient (Wildman–Crippen LogP) is 3.54. The maximum absolute atomic E-state index is 12.9.